The second-order valence-corrected chi connectivity index (χ2v) is 8.78. The number of hydrogen-bond donors (Lipinski definition) is 1. The van der Waals surface area contributed by atoms with E-state index in [0.717, 1.165) is 24.1 Å². The molecule has 1 amide bonds. The summed E-state index contributed by atoms with van der Waals surface area (Å²) in [6.45, 7) is 4.24. The summed E-state index contributed by atoms with van der Waals surface area (Å²) in [5.41, 5.74) is 1.03. The zero-order valence-corrected chi connectivity index (χ0v) is 19.1. The van der Waals surface area contributed by atoms with Crippen molar-refractivity contribution in [2.75, 3.05) is 39.4 Å². The van der Waals surface area contributed by atoms with Crippen LogP contribution in [-0.4, -0.2) is 66.0 Å². The first-order valence-corrected chi connectivity index (χ1v) is 11.3. The molecule has 1 unspecified atom stereocenters. The molecule has 0 bridgehead atoms. The van der Waals surface area contributed by atoms with Crippen LogP contribution in [0.25, 0.3) is 5.76 Å². The van der Waals surface area contributed by atoms with Crippen molar-refractivity contribution in [2.45, 2.75) is 12.5 Å². The Bertz CT molecular complexity index is 1030. The van der Waals surface area contributed by atoms with E-state index in [1.807, 2.05) is 24.3 Å². The normalized spacial score (nSPS) is 21.3. The van der Waals surface area contributed by atoms with Gasteiger partial charge in [0.05, 0.1) is 24.8 Å². The van der Waals surface area contributed by atoms with Crippen LogP contribution in [0, 0.1) is 5.82 Å². The van der Waals surface area contributed by atoms with Crippen LogP contribution in [0.3, 0.4) is 0 Å². The van der Waals surface area contributed by atoms with E-state index in [1.54, 1.807) is 0 Å². The number of ketones is 1. The second-order valence-electron chi connectivity index (χ2n) is 7.86. The SMILES string of the molecule is O=C1C(=O)N(CCCN2CCOCC2)C(c2cccc(Br)c2)/C1=C(\O)c1ccc(F)cc1. The van der Waals surface area contributed by atoms with Crippen LogP contribution >= 0.6 is 15.9 Å². The van der Waals surface area contributed by atoms with Crippen molar-refractivity contribution in [3.05, 3.63) is 75.5 Å². The molecule has 2 aromatic carbocycles. The van der Waals surface area contributed by atoms with Gasteiger partial charge >= 0.3 is 0 Å². The molecular weight excluding hydrogens is 479 g/mol. The molecule has 0 radical (unpaired) electrons. The largest absolute Gasteiger partial charge is 0.507 e. The number of Topliss-reactive ketones (excluding diaryl/α,β-unsaturated/α-hetero) is 1. The summed E-state index contributed by atoms with van der Waals surface area (Å²) in [6.07, 6.45) is 0.689. The van der Waals surface area contributed by atoms with Gasteiger partial charge in [-0.2, -0.15) is 0 Å². The smallest absolute Gasteiger partial charge is 0.295 e. The average Bonchev–Trinajstić information content (AvgIpc) is 3.05. The molecule has 2 aliphatic rings. The number of nitrogens with zero attached hydrogens (tertiary/aromatic N) is 2. The topological polar surface area (TPSA) is 70.1 Å². The lowest BCUT2D eigenvalue weighted by Gasteiger charge is -2.29. The summed E-state index contributed by atoms with van der Waals surface area (Å²) in [5, 5.41) is 11.0. The van der Waals surface area contributed by atoms with E-state index < -0.39 is 23.5 Å². The average molecular weight is 503 g/mol. The first-order valence-electron chi connectivity index (χ1n) is 10.6. The highest BCUT2D eigenvalue weighted by atomic mass is 79.9. The van der Waals surface area contributed by atoms with Gasteiger partial charge < -0.3 is 14.7 Å². The maximum absolute atomic E-state index is 13.4. The van der Waals surface area contributed by atoms with Gasteiger partial charge in [-0.15, -0.1) is 0 Å². The molecule has 2 saturated heterocycles. The molecule has 32 heavy (non-hydrogen) atoms. The van der Waals surface area contributed by atoms with Crippen LogP contribution in [0.4, 0.5) is 4.39 Å². The molecule has 6 nitrogen and oxygen atoms in total. The van der Waals surface area contributed by atoms with E-state index in [2.05, 4.69) is 20.8 Å². The zero-order valence-electron chi connectivity index (χ0n) is 17.5. The number of carbonyl (C=O) groups excluding carboxylic acids is 2. The van der Waals surface area contributed by atoms with Crippen molar-refractivity contribution < 1.29 is 23.8 Å². The summed E-state index contributed by atoms with van der Waals surface area (Å²) in [7, 11) is 0. The van der Waals surface area contributed by atoms with Crippen molar-refractivity contribution in [2.24, 2.45) is 0 Å². The molecule has 168 valence electrons. The highest BCUT2D eigenvalue weighted by Crippen LogP contribution is 2.40. The fraction of sp³-hybridized carbons (Fsp3) is 0.333. The number of aliphatic hydroxyl groups excluding tert-OH is 1. The standard InChI is InChI=1S/C24H24BrFN2O4/c25-18-4-1-3-17(15-18)21-20(22(29)16-5-7-19(26)8-6-16)23(30)24(31)28(21)10-2-9-27-11-13-32-14-12-27/h1,3-8,15,21,29H,2,9-14H2/b22-20+. The molecule has 0 spiro atoms. The number of amides is 1. The van der Waals surface area contributed by atoms with Gasteiger partial charge in [0.2, 0.25) is 0 Å². The predicted molar refractivity (Wildman–Crippen MR) is 121 cm³/mol. The molecule has 8 heteroatoms. The Morgan fingerprint density at radius 1 is 1.09 bits per heavy atom. The van der Waals surface area contributed by atoms with Crippen molar-refractivity contribution in [1.82, 2.24) is 9.80 Å². The molecule has 2 aromatic rings. The molecule has 2 aliphatic heterocycles. The van der Waals surface area contributed by atoms with Gasteiger partial charge in [-0.1, -0.05) is 28.1 Å². The monoisotopic (exact) mass is 502 g/mol. The third kappa shape index (κ3) is 4.77. The Morgan fingerprint density at radius 2 is 1.81 bits per heavy atom. The Kier molecular flexibility index (Phi) is 7.03. The fourth-order valence-electron chi connectivity index (χ4n) is 4.19. The van der Waals surface area contributed by atoms with E-state index in [-0.39, 0.29) is 16.9 Å². The van der Waals surface area contributed by atoms with E-state index in [9.17, 15) is 19.1 Å². The van der Waals surface area contributed by atoms with Crippen LogP contribution in [0.2, 0.25) is 0 Å². The van der Waals surface area contributed by atoms with Crippen LogP contribution in [0.5, 0.6) is 0 Å². The zero-order chi connectivity index (χ0) is 22.7. The van der Waals surface area contributed by atoms with Crippen LogP contribution in [-0.2, 0) is 14.3 Å². The maximum Gasteiger partial charge on any atom is 0.295 e. The van der Waals surface area contributed by atoms with Crippen LogP contribution in [0.15, 0.2) is 58.6 Å². The van der Waals surface area contributed by atoms with Gasteiger partial charge in [-0.25, -0.2) is 4.39 Å². The minimum atomic E-state index is -0.733. The molecule has 0 aromatic heterocycles. The number of carbonyl (C=O) groups is 2. The predicted octanol–water partition coefficient (Wildman–Crippen LogP) is 3.73. The highest BCUT2D eigenvalue weighted by molar-refractivity contribution is 9.10. The molecule has 4 rings (SSSR count). The molecule has 1 atom stereocenters. The van der Waals surface area contributed by atoms with Crippen LogP contribution < -0.4 is 0 Å². The van der Waals surface area contributed by atoms with Gasteiger partial charge in [0.25, 0.3) is 11.7 Å². The summed E-state index contributed by atoms with van der Waals surface area (Å²) >= 11 is 3.45. The lowest BCUT2D eigenvalue weighted by molar-refractivity contribution is -0.140. The summed E-state index contributed by atoms with van der Waals surface area (Å²) < 4.78 is 19.5. The lowest BCUT2D eigenvalue weighted by atomic mass is 9.95. The number of benzene rings is 2. The van der Waals surface area contributed by atoms with E-state index in [4.69, 9.17) is 4.74 Å². The summed E-state index contributed by atoms with van der Waals surface area (Å²) in [6, 6.07) is 11.8. The van der Waals surface area contributed by atoms with Gasteiger partial charge in [-0.05, 0) is 48.4 Å². The number of aliphatic hydroxyl groups is 1. The third-order valence-electron chi connectivity index (χ3n) is 5.80. The minimum Gasteiger partial charge on any atom is -0.507 e. The van der Waals surface area contributed by atoms with Gasteiger partial charge in [0, 0.05) is 36.2 Å². The number of morpholine rings is 1. The number of rotatable bonds is 6. The van der Waals surface area contributed by atoms with Crippen molar-refractivity contribution in [3.63, 3.8) is 0 Å². The van der Waals surface area contributed by atoms with Crippen molar-refractivity contribution in [3.8, 4) is 0 Å². The number of halogens is 2. The summed E-state index contributed by atoms with van der Waals surface area (Å²) in [5.74, 6) is -2.12. The molecular formula is C24H24BrFN2O4. The fourth-order valence-corrected chi connectivity index (χ4v) is 4.60. The Hall–Kier alpha value is -2.55. The third-order valence-corrected chi connectivity index (χ3v) is 6.29. The van der Waals surface area contributed by atoms with E-state index >= 15 is 0 Å². The Balaban J connectivity index is 1.67. The number of ether oxygens (including phenoxy) is 1. The second kappa shape index (κ2) is 9.94. The molecule has 0 aliphatic carbocycles. The van der Waals surface area contributed by atoms with E-state index in [0.29, 0.717) is 31.7 Å². The Labute approximate surface area is 194 Å². The highest BCUT2D eigenvalue weighted by Gasteiger charge is 2.45. The van der Waals surface area contributed by atoms with Gasteiger partial charge in [0.1, 0.15) is 11.6 Å². The van der Waals surface area contributed by atoms with Crippen LogP contribution in [0.1, 0.15) is 23.6 Å². The summed E-state index contributed by atoms with van der Waals surface area (Å²) in [4.78, 5) is 29.8. The Morgan fingerprint density at radius 3 is 2.50 bits per heavy atom. The maximum atomic E-state index is 13.4. The molecule has 0 saturated carbocycles. The van der Waals surface area contributed by atoms with E-state index in [1.165, 1.54) is 29.2 Å². The quantitative estimate of drug-likeness (QED) is 0.370. The first-order chi connectivity index (χ1) is 15.5. The number of hydrogen-bond acceptors (Lipinski definition) is 5. The first kappa shape index (κ1) is 22.6. The number of likely N-dealkylation sites (tertiary alicyclic amines) is 1. The molecule has 2 heterocycles. The minimum absolute atomic E-state index is 0.0195. The molecule has 1 N–H and O–H groups in total. The van der Waals surface area contributed by atoms with Gasteiger partial charge in [0.15, 0.2) is 0 Å². The van der Waals surface area contributed by atoms with Gasteiger partial charge in [-0.3, -0.25) is 14.5 Å². The van der Waals surface area contributed by atoms with Crippen molar-refractivity contribution >= 4 is 33.4 Å². The lowest BCUT2D eigenvalue weighted by Crippen LogP contribution is -2.38. The van der Waals surface area contributed by atoms with Crippen molar-refractivity contribution in [1.29, 1.82) is 0 Å². The molecule has 2 fully saturated rings.